The first kappa shape index (κ1) is 18.4. The summed E-state index contributed by atoms with van der Waals surface area (Å²) >= 11 is 2.03. The summed E-state index contributed by atoms with van der Waals surface area (Å²) in [6.07, 6.45) is 19.0. The van der Waals surface area contributed by atoms with E-state index in [0.717, 1.165) is 6.42 Å². The van der Waals surface area contributed by atoms with Crippen LogP contribution in [0.15, 0.2) is 0 Å². The van der Waals surface area contributed by atoms with E-state index in [-0.39, 0.29) is 6.10 Å². The first-order chi connectivity index (χ1) is 9.84. The fraction of sp³-hybridized carbons (Fsp3) is 1.00. The van der Waals surface area contributed by atoms with Crippen LogP contribution in [-0.2, 0) is 0 Å². The van der Waals surface area contributed by atoms with Crippen molar-refractivity contribution in [3.8, 4) is 0 Å². The molecule has 1 saturated carbocycles. The topological polar surface area (TPSA) is 20.2 Å². The Bertz CT molecular complexity index is 208. The predicted molar refractivity (Wildman–Crippen MR) is 92.6 cm³/mol. The van der Waals surface area contributed by atoms with Crippen molar-refractivity contribution < 1.29 is 5.11 Å². The molecule has 0 radical (unpaired) electrons. The Morgan fingerprint density at radius 1 is 0.800 bits per heavy atom. The van der Waals surface area contributed by atoms with Crippen LogP contribution in [-0.4, -0.2) is 22.2 Å². The molecule has 20 heavy (non-hydrogen) atoms. The van der Waals surface area contributed by atoms with Crippen molar-refractivity contribution >= 4 is 11.8 Å². The number of unbranched alkanes of at least 4 members (excludes halogenated alkanes) is 9. The maximum atomic E-state index is 9.91. The lowest BCUT2D eigenvalue weighted by Gasteiger charge is -2.26. The zero-order chi connectivity index (χ0) is 14.5. The molecule has 120 valence electrons. The van der Waals surface area contributed by atoms with Crippen LogP contribution in [0.3, 0.4) is 0 Å². The zero-order valence-corrected chi connectivity index (χ0v) is 14.4. The minimum Gasteiger partial charge on any atom is -0.392 e. The third-order valence-corrected chi connectivity index (χ3v) is 6.00. The van der Waals surface area contributed by atoms with Gasteiger partial charge in [0.25, 0.3) is 0 Å². The van der Waals surface area contributed by atoms with Crippen LogP contribution in [0.25, 0.3) is 0 Å². The lowest BCUT2D eigenvalue weighted by atomic mass is 9.97. The average molecular weight is 301 g/mol. The van der Waals surface area contributed by atoms with Gasteiger partial charge in [-0.25, -0.2) is 0 Å². The molecule has 2 heteroatoms. The third-order valence-electron chi connectivity index (χ3n) is 4.50. The molecule has 0 aromatic carbocycles. The van der Waals surface area contributed by atoms with E-state index >= 15 is 0 Å². The van der Waals surface area contributed by atoms with Crippen LogP contribution in [0.5, 0.6) is 0 Å². The minimum absolute atomic E-state index is 0.0168. The van der Waals surface area contributed by atoms with Crippen LogP contribution in [0.2, 0.25) is 0 Å². The van der Waals surface area contributed by atoms with Crippen molar-refractivity contribution in [3.05, 3.63) is 0 Å². The predicted octanol–water partition coefficient (Wildman–Crippen LogP) is 5.94. The van der Waals surface area contributed by atoms with Gasteiger partial charge in [0.2, 0.25) is 0 Å². The molecule has 1 aliphatic rings. The molecule has 0 unspecified atom stereocenters. The molecule has 0 spiro atoms. The van der Waals surface area contributed by atoms with E-state index in [1.807, 2.05) is 11.8 Å². The van der Waals surface area contributed by atoms with Gasteiger partial charge in [-0.1, -0.05) is 77.6 Å². The van der Waals surface area contributed by atoms with Gasteiger partial charge in [-0.05, 0) is 25.0 Å². The van der Waals surface area contributed by atoms with Crippen LogP contribution < -0.4 is 0 Å². The minimum atomic E-state index is -0.0168. The van der Waals surface area contributed by atoms with Gasteiger partial charge in [0.1, 0.15) is 0 Å². The van der Waals surface area contributed by atoms with Gasteiger partial charge >= 0.3 is 0 Å². The van der Waals surface area contributed by atoms with Gasteiger partial charge in [-0.3, -0.25) is 0 Å². The molecule has 0 heterocycles. The molecular weight excluding hydrogens is 264 g/mol. The van der Waals surface area contributed by atoms with Crippen molar-refractivity contribution in [3.63, 3.8) is 0 Å². The average Bonchev–Trinajstić information content (AvgIpc) is 2.46. The highest BCUT2D eigenvalue weighted by Gasteiger charge is 2.22. The molecule has 1 fully saturated rings. The second kappa shape index (κ2) is 13.0. The second-order valence-electron chi connectivity index (χ2n) is 6.44. The number of hydrogen-bond acceptors (Lipinski definition) is 2. The quantitative estimate of drug-likeness (QED) is 0.450. The monoisotopic (exact) mass is 300 g/mol. The molecular formula is C18H36OS. The molecule has 0 aliphatic heterocycles. The molecule has 1 N–H and O–H groups in total. The molecule has 1 aliphatic carbocycles. The van der Waals surface area contributed by atoms with Crippen LogP contribution >= 0.6 is 11.8 Å². The molecule has 0 bridgehead atoms. The summed E-state index contributed by atoms with van der Waals surface area (Å²) in [5, 5.41) is 10.5. The van der Waals surface area contributed by atoms with Crippen molar-refractivity contribution in [2.24, 2.45) is 0 Å². The largest absolute Gasteiger partial charge is 0.392 e. The highest BCUT2D eigenvalue weighted by molar-refractivity contribution is 7.99. The Morgan fingerprint density at radius 3 is 1.95 bits per heavy atom. The number of thioether (sulfide) groups is 1. The fourth-order valence-corrected chi connectivity index (χ4v) is 4.46. The molecule has 1 rings (SSSR count). The van der Waals surface area contributed by atoms with Crippen molar-refractivity contribution in [2.75, 3.05) is 5.75 Å². The Morgan fingerprint density at radius 2 is 1.35 bits per heavy atom. The van der Waals surface area contributed by atoms with Crippen molar-refractivity contribution in [2.45, 2.75) is 108 Å². The van der Waals surface area contributed by atoms with E-state index in [4.69, 9.17) is 0 Å². The van der Waals surface area contributed by atoms with Crippen molar-refractivity contribution in [1.82, 2.24) is 0 Å². The zero-order valence-electron chi connectivity index (χ0n) is 13.6. The number of rotatable bonds is 12. The molecule has 0 amide bonds. The Balaban J connectivity index is 1.78. The Hall–Kier alpha value is 0.310. The number of aliphatic hydroxyl groups is 1. The van der Waals surface area contributed by atoms with Gasteiger partial charge in [-0.15, -0.1) is 0 Å². The molecule has 0 aromatic rings. The van der Waals surface area contributed by atoms with E-state index in [1.54, 1.807) is 0 Å². The normalized spacial score (nSPS) is 23.1. The van der Waals surface area contributed by atoms with Gasteiger partial charge in [0.15, 0.2) is 0 Å². The summed E-state index contributed by atoms with van der Waals surface area (Å²) in [6.45, 7) is 2.28. The first-order valence-corrected chi connectivity index (χ1v) is 10.2. The van der Waals surface area contributed by atoms with E-state index in [1.165, 1.54) is 89.2 Å². The maximum Gasteiger partial charge on any atom is 0.0658 e. The maximum absolute atomic E-state index is 9.91. The summed E-state index contributed by atoms with van der Waals surface area (Å²) in [4.78, 5) is 0. The van der Waals surface area contributed by atoms with Crippen LogP contribution in [0.4, 0.5) is 0 Å². The van der Waals surface area contributed by atoms with Gasteiger partial charge in [0.05, 0.1) is 6.10 Å². The van der Waals surface area contributed by atoms with Crippen molar-refractivity contribution in [1.29, 1.82) is 0 Å². The van der Waals surface area contributed by atoms with E-state index in [0.29, 0.717) is 5.25 Å². The highest BCUT2D eigenvalue weighted by atomic mass is 32.2. The fourth-order valence-electron chi connectivity index (χ4n) is 3.10. The first-order valence-electron chi connectivity index (χ1n) is 9.14. The lowest BCUT2D eigenvalue weighted by molar-refractivity contribution is 0.137. The molecule has 0 saturated heterocycles. The smallest absolute Gasteiger partial charge is 0.0658 e. The summed E-state index contributed by atoms with van der Waals surface area (Å²) in [5.74, 6) is 1.26. The van der Waals surface area contributed by atoms with Gasteiger partial charge in [-0.2, -0.15) is 11.8 Å². The number of hydrogen-bond donors (Lipinski definition) is 1. The van der Waals surface area contributed by atoms with Crippen LogP contribution in [0, 0.1) is 0 Å². The highest BCUT2D eigenvalue weighted by Crippen LogP contribution is 2.29. The van der Waals surface area contributed by atoms with Gasteiger partial charge < -0.3 is 5.11 Å². The lowest BCUT2D eigenvalue weighted by Crippen LogP contribution is -2.27. The summed E-state index contributed by atoms with van der Waals surface area (Å²) < 4.78 is 0. The Kier molecular flexibility index (Phi) is 11.9. The molecule has 1 nitrogen and oxygen atoms in total. The summed E-state index contributed by atoms with van der Waals surface area (Å²) in [6, 6.07) is 0. The summed E-state index contributed by atoms with van der Waals surface area (Å²) in [5.41, 5.74) is 0. The van der Waals surface area contributed by atoms with Gasteiger partial charge in [0, 0.05) is 5.25 Å². The molecule has 2 atom stereocenters. The standard InChI is InChI=1S/C18H36OS/c1-2-3-4-5-6-7-8-9-10-13-16-20-18-15-12-11-14-17(18)19/h17-19H,2-16H2,1H3/t17-,18-/m1/s1. The number of aliphatic hydroxyl groups excluding tert-OH is 1. The van der Waals surface area contributed by atoms with E-state index in [9.17, 15) is 5.11 Å². The van der Waals surface area contributed by atoms with Crippen LogP contribution in [0.1, 0.15) is 96.8 Å². The SMILES string of the molecule is CCCCCCCCCCCCS[C@@H]1CCCC[C@H]1O. The second-order valence-corrected chi connectivity index (χ2v) is 7.79. The third kappa shape index (κ3) is 9.28. The Labute approximate surface area is 131 Å². The summed E-state index contributed by atoms with van der Waals surface area (Å²) in [7, 11) is 0. The van der Waals surface area contributed by atoms with E-state index < -0.39 is 0 Å². The molecule has 0 aromatic heterocycles. The van der Waals surface area contributed by atoms with E-state index in [2.05, 4.69) is 6.92 Å².